The summed E-state index contributed by atoms with van der Waals surface area (Å²) < 4.78 is 34.0. The SMILES string of the molecule is COc1ccc(-c2csc(NC(=O)c3ccc(CNS(=O)(=O)c4c(C)c(C)cc(C)c4C)cc3)n2)cc1. The van der Waals surface area contributed by atoms with Crippen LogP contribution in [-0.2, 0) is 16.6 Å². The van der Waals surface area contributed by atoms with Crippen LogP contribution in [-0.4, -0.2) is 26.4 Å². The van der Waals surface area contributed by atoms with Crippen LogP contribution in [0.5, 0.6) is 5.75 Å². The van der Waals surface area contributed by atoms with Gasteiger partial charge in [-0.05, 0) is 91.9 Å². The van der Waals surface area contributed by atoms with Crippen molar-refractivity contribution in [3.05, 3.63) is 93.4 Å². The Labute approximate surface area is 221 Å². The Balaban J connectivity index is 1.40. The van der Waals surface area contributed by atoms with Gasteiger partial charge in [-0.15, -0.1) is 11.3 Å². The summed E-state index contributed by atoms with van der Waals surface area (Å²) in [5, 5.41) is 5.20. The number of carbonyl (C=O) groups excluding carboxylic acids is 1. The Hall–Kier alpha value is -3.53. The highest BCUT2D eigenvalue weighted by Crippen LogP contribution is 2.28. The number of carbonyl (C=O) groups is 1. The number of anilines is 1. The van der Waals surface area contributed by atoms with E-state index in [0.29, 0.717) is 15.6 Å². The van der Waals surface area contributed by atoms with Crippen LogP contribution in [0.4, 0.5) is 5.13 Å². The molecule has 1 amide bonds. The van der Waals surface area contributed by atoms with E-state index < -0.39 is 10.0 Å². The van der Waals surface area contributed by atoms with Crippen LogP contribution in [0.1, 0.15) is 38.2 Å². The molecule has 0 unspecified atom stereocenters. The number of rotatable bonds is 8. The van der Waals surface area contributed by atoms with Gasteiger partial charge in [-0.1, -0.05) is 18.2 Å². The van der Waals surface area contributed by atoms with E-state index in [1.807, 2.05) is 63.4 Å². The van der Waals surface area contributed by atoms with E-state index in [1.54, 1.807) is 31.4 Å². The molecule has 0 radical (unpaired) electrons. The van der Waals surface area contributed by atoms with Gasteiger partial charge in [0.05, 0.1) is 17.7 Å². The summed E-state index contributed by atoms with van der Waals surface area (Å²) in [6.45, 7) is 7.60. The first-order valence-electron chi connectivity index (χ1n) is 11.7. The monoisotopic (exact) mass is 535 g/mol. The molecule has 0 aliphatic heterocycles. The van der Waals surface area contributed by atoms with E-state index in [2.05, 4.69) is 15.0 Å². The average Bonchev–Trinajstić information content (AvgIpc) is 3.35. The van der Waals surface area contributed by atoms with E-state index in [1.165, 1.54) is 11.3 Å². The summed E-state index contributed by atoms with van der Waals surface area (Å²) >= 11 is 1.34. The van der Waals surface area contributed by atoms with Gasteiger partial charge in [0.1, 0.15) is 5.75 Å². The minimum Gasteiger partial charge on any atom is -0.497 e. The highest BCUT2D eigenvalue weighted by atomic mass is 32.2. The van der Waals surface area contributed by atoms with Gasteiger partial charge in [0.25, 0.3) is 5.91 Å². The number of methoxy groups -OCH3 is 1. The second-order valence-electron chi connectivity index (χ2n) is 8.83. The van der Waals surface area contributed by atoms with Crippen molar-refractivity contribution in [2.45, 2.75) is 39.1 Å². The van der Waals surface area contributed by atoms with Gasteiger partial charge in [-0.2, -0.15) is 0 Å². The third kappa shape index (κ3) is 5.90. The molecule has 0 aliphatic rings. The van der Waals surface area contributed by atoms with Crippen molar-refractivity contribution in [3.63, 3.8) is 0 Å². The lowest BCUT2D eigenvalue weighted by molar-refractivity contribution is 0.102. The fraction of sp³-hybridized carbons (Fsp3) is 0.214. The molecule has 1 aromatic heterocycles. The number of thiazole rings is 1. The van der Waals surface area contributed by atoms with Gasteiger partial charge in [0, 0.05) is 23.1 Å². The van der Waals surface area contributed by atoms with Gasteiger partial charge in [0.15, 0.2) is 5.13 Å². The van der Waals surface area contributed by atoms with Gasteiger partial charge in [0.2, 0.25) is 10.0 Å². The molecule has 4 rings (SSSR count). The van der Waals surface area contributed by atoms with E-state index in [-0.39, 0.29) is 12.5 Å². The minimum absolute atomic E-state index is 0.119. The number of hydrogen-bond acceptors (Lipinski definition) is 6. The van der Waals surface area contributed by atoms with Crippen LogP contribution in [0.15, 0.2) is 64.9 Å². The normalized spacial score (nSPS) is 11.4. The molecule has 3 aromatic carbocycles. The highest BCUT2D eigenvalue weighted by Gasteiger charge is 2.22. The van der Waals surface area contributed by atoms with Crippen molar-refractivity contribution in [2.75, 3.05) is 12.4 Å². The second kappa shape index (κ2) is 10.8. The van der Waals surface area contributed by atoms with Crippen molar-refractivity contribution >= 4 is 32.4 Å². The zero-order valence-corrected chi connectivity index (χ0v) is 23.0. The third-order valence-electron chi connectivity index (χ3n) is 6.36. The van der Waals surface area contributed by atoms with Gasteiger partial charge < -0.3 is 4.74 Å². The first-order valence-corrected chi connectivity index (χ1v) is 14.0. The lowest BCUT2D eigenvalue weighted by atomic mass is 10.0. The Morgan fingerprint density at radius 1 is 0.946 bits per heavy atom. The number of amides is 1. The zero-order chi connectivity index (χ0) is 26.7. The van der Waals surface area contributed by atoms with Crippen LogP contribution in [0.2, 0.25) is 0 Å². The maximum atomic E-state index is 13.1. The largest absolute Gasteiger partial charge is 0.497 e. The first kappa shape index (κ1) is 26.5. The van der Waals surface area contributed by atoms with E-state index in [0.717, 1.165) is 44.8 Å². The third-order valence-corrected chi connectivity index (χ3v) is 8.79. The number of ether oxygens (including phenoxy) is 1. The van der Waals surface area contributed by atoms with Crippen LogP contribution < -0.4 is 14.8 Å². The van der Waals surface area contributed by atoms with Gasteiger partial charge in [-0.3, -0.25) is 10.1 Å². The molecule has 2 N–H and O–H groups in total. The van der Waals surface area contributed by atoms with Crippen molar-refractivity contribution < 1.29 is 17.9 Å². The predicted molar refractivity (Wildman–Crippen MR) is 148 cm³/mol. The number of hydrogen-bond donors (Lipinski definition) is 2. The summed E-state index contributed by atoms with van der Waals surface area (Å²) in [6.07, 6.45) is 0. The number of nitrogens with one attached hydrogen (secondary N) is 2. The summed E-state index contributed by atoms with van der Waals surface area (Å²) in [5.74, 6) is 0.475. The number of nitrogens with zero attached hydrogens (tertiary/aromatic N) is 1. The molecule has 0 bridgehead atoms. The molecular weight excluding hydrogens is 506 g/mol. The summed E-state index contributed by atoms with van der Waals surface area (Å²) in [5.41, 5.74) is 6.27. The van der Waals surface area contributed by atoms with Crippen LogP contribution in [0, 0.1) is 27.7 Å². The summed E-state index contributed by atoms with van der Waals surface area (Å²) in [4.78, 5) is 17.6. The van der Waals surface area contributed by atoms with Crippen LogP contribution in [0.3, 0.4) is 0 Å². The molecule has 0 atom stereocenters. The molecule has 0 saturated heterocycles. The van der Waals surface area contributed by atoms with Crippen LogP contribution >= 0.6 is 11.3 Å². The molecule has 192 valence electrons. The molecule has 0 spiro atoms. The molecular formula is C28H29N3O4S2. The second-order valence-corrected chi connectivity index (χ2v) is 11.4. The molecule has 9 heteroatoms. The molecule has 1 heterocycles. The summed E-state index contributed by atoms with van der Waals surface area (Å²) in [6, 6.07) is 16.4. The number of benzene rings is 3. The van der Waals surface area contributed by atoms with Gasteiger partial charge in [-0.25, -0.2) is 18.1 Å². The standard InChI is InChI=1S/C28H29N3O4S2/c1-17-14-18(2)20(4)26(19(17)3)37(33,34)29-15-21-6-8-23(9-7-21)27(32)31-28-30-25(16-36-28)22-10-12-24(35-5)13-11-22/h6-14,16,29H,15H2,1-5H3,(H,30,31,32). The van der Waals surface area contributed by atoms with E-state index >= 15 is 0 Å². The van der Waals surface area contributed by atoms with E-state index in [4.69, 9.17) is 4.74 Å². The number of aromatic nitrogens is 1. The van der Waals surface area contributed by atoms with Crippen molar-refractivity contribution in [1.82, 2.24) is 9.71 Å². The molecule has 7 nitrogen and oxygen atoms in total. The predicted octanol–water partition coefficient (Wildman–Crippen LogP) is 5.78. The molecule has 0 aliphatic carbocycles. The number of aryl methyl sites for hydroxylation is 2. The maximum Gasteiger partial charge on any atom is 0.257 e. The Bertz CT molecular complexity index is 1520. The Kier molecular flexibility index (Phi) is 7.77. The van der Waals surface area contributed by atoms with Crippen molar-refractivity contribution in [3.8, 4) is 17.0 Å². The first-order chi connectivity index (χ1) is 17.6. The molecule has 37 heavy (non-hydrogen) atoms. The highest BCUT2D eigenvalue weighted by molar-refractivity contribution is 7.89. The fourth-order valence-corrected chi connectivity index (χ4v) is 6.35. The quantitative estimate of drug-likeness (QED) is 0.298. The number of sulfonamides is 1. The molecule has 4 aromatic rings. The fourth-order valence-electron chi connectivity index (χ4n) is 4.00. The van der Waals surface area contributed by atoms with Gasteiger partial charge >= 0.3 is 0 Å². The average molecular weight is 536 g/mol. The van der Waals surface area contributed by atoms with Crippen molar-refractivity contribution in [1.29, 1.82) is 0 Å². The Morgan fingerprint density at radius 3 is 2.16 bits per heavy atom. The Morgan fingerprint density at radius 2 is 1.57 bits per heavy atom. The lowest BCUT2D eigenvalue weighted by Crippen LogP contribution is -2.25. The van der Waals surface area contributed by atoms with Crippen LogP contribution in [0.25, 0.3) is 11.3 Å². The topological polar surface area (TPSA) is 97.4 Å². The zero-order valence-electron chi connectivity index (χ0n) is 21.4. The molecule has 0 fully saturated rings. The molecule has 0 saturated carbocycles. The van der Waals surface area contributed by atoms with Crippen molar-refractivity contribution in [2.24, 2.45) is 0 Å². The minimum atomic E-state index is -3.70. The summed E-state index contributed by atoms with van der Waals surface area (Å²) in [7, 11) is -2.08. The smallest absolute Gasteiger partial charge is 0.257 e. The van der Waals surface area contributed by atoms with E-state index in [9.17, 15) is 13.2 Å². The maximum absolute atomic E-state index is 13.1. The lowest BCUT2D eigenvalue weighted by Gasteiger charge is -2.16.